The minimum atomic E-state index is -0.107. The van der Waals surface area contributed by atoms with E-state index in [2.05, 4.69) is 15.5 Å². The van der Waals surface area contributed by atoms with E-state index in [0.717, 1.165) is 22.5 Å². The first-order chi connectivity index (χ1) is 10.2. The first kappa shape index (κ1) is 12.2. The first-order valence-corrected chi connectivity index (χ1v) is 7.14. The lowest BCUT2D eigenvalue weighted by atomic mass is 10.2. The van der Waals surface area contributed by atoms with Gasteiger partial charge >= 0.3 is 0 Å². The predicted molar refractivity (Wildman–Crippen MR) is 80.6 cm³/mol. The van der Waals surface area contributed by atoms with Gasteiger partial charge in [-0.2, -0.15) is 5.10 Å². The minimum absolute atomic E-state index is 0.107. The summed E-state index contributed by atoms with van der Waals surface area (Å²) in [5.41, 5.74) is 3.97. The second-order valence-corrected chi connectivity index (χ2v) is 5.64. The van der Waals surface area contributed by atoms with Crippen LogP contribution in [0.5, 0.6) is 0 Å². The van der Waals surface area contributed by atoms with Gasteiger partial charge in [0, 0.05) is 23.5 Å². The van der Waals surface area contributed by atoms with Crippen molar-refractivity contribution in [2.45, 2.75) is 25.7 Å². The molecule has 3 heterocycles. The number of aromatic amines is 1. The van der Waals surface area contributed by atoms with Crippen molar-refractivity contribution in [2.24, 2.45) is 0 Å². The Morgan fingerprint density at radius 2 is 2.33 bits per heavy atom. The summed E-state index contributed by atoms with van der Waals surface area (Å²) < 4.78 is 1.97. The van der Waals surface area contributed by atoms with Crippen molar-refractivity contribution in [3.63, 3.8) is 0 Å². The molecule has 1 aliphatic rings. The Morgan fingerprint density at radius 3 is 3.10 bits per heavy atom. The Morgan fingerprint density at radius 1 is 1.48 bits per heavy atom. The summed E-state index contributed by atoms with van der Waals surface area (Å²) in [7, 11) is 0. The summed E-state index contributed by atoms with van der Waals surface area (Å²) in [4.78, 5) is 12.4. The van der Waals surface area contributed by atoms with E-state index in [1.807, 2.05) is 48.1 Å². The topological polar surface area (TPSA) is 62.2 Å². The van der Waals surface area contributed by atoms with Crippen molar-refractivity contribution in [1.29, 1.82) is 0 Å². The fourth-order valence-corrected chi connectivity index (χ4v) is 2.69. The van der Waals surface area contributed by atoms with Crippen molar-refractivity contribution in [1.82, 2.24) is 14.6 Å². The van der Waals surface area contributed by atoms with E-state index in [-0.39, 0.29) is 5.91 Å². The van der Waals surface area contributed by atoms with Crippen molar-refractivity contribution in [2.75, 3.05) is 5.32 Å². The molecule has 4 rings (SSSR count). The molecule has 0 aromatic carbocycles. The number of carbonyl (C=O) groups excluding carboxylic acids is 1. The highest BCUT2D eigenvalue weighted by atomic mass is 16.1. The number of aryl methyl sites for hydroxylation is 1. The van der Waals surface area contributed by atoms with E-state index in [4.69, 9.17) is 0 Å². The molecule has 1 saturated carbocycles. The number of hydrogen-bond acceptors (Lipinski definition) is 2. The number of rotatable bonds is 3. The molecule has 1 fully saturated rings. The number of hydrogen-bond donors (Lipinski definition) is 2. The van der Waals surface area contributed by atoms with Crippen LogP contribution < -0.4 is 5.32 Å². The van der Waals surface area contributed by atoms with E-state index in [9.17, 15) is 4.79 Å². The van der Waals surface area contributed by atoms with Gasteiger partial charge in [0.2, 0.25) is 0 Å². The van der Waals surface area contributed by atoms with Crippen LogP contribution in [-0.2, 0) is 0 Å². The largest absolute Gasteiger partial charge is 0.323 e. The maximum atomic E-state index is 12.4. The number of pyridine rings is 1. The monoisotopic (exact) mass is 280 g/mol. The number of amides is 1. The molecule has 106 valence electrons. The Balaban J connectivity index is 1.64. The van der Waals surface area contributed by atoms with Crippen LogP contribution in [0.3, 0.4) is 0 Å². The highest BCUT2D eigenvalue weighted by Gasteiger charge is 2.28. The molecular formula is C16H16N4O. The molecule has 5 nitrogen and oxygen atoms in total. The average molecular weight is 280 g/mol. The van der Waals surface area contributed by atoms with Gasteiger partial charge in [-0.25, -0.2) is 0 Å². The van der Waals surface area contributed by atoms with Gasteiger partial charge in [-0.15, -0.1) is 0 Å². The maximum absolute atomic E-state index is 12.4. The van der Waals surface area contributed by atoms with Gasteiger partial charge in [0.25, 0.3) is 5.91 Å². The number of aromatic nitrogens is 3. The standard InChI is InChI=1S/C16H16N4O/c1-10-3-2-6-20-9-12(7-14(10)20)16(21)18-15-13(8-17-19-15)11-4-5-11/h2-3,6-9,11H,4-5H2,1H3,(H2,17,18,19,21). The number of H-pyrrole nitrogens is 1. The third kappa shape index (κ3) is 2.11. The van der Waals surface area contributed by atoms with Gasteiger partial charge in [0.1, 0.15) is 5.82 Å². The van der Waals surface area contributed by atoms with Crippen molar-refractivity contribution in [3.05, 3.63) is 53.5 Å². The zero-order valence-corrected chi connectivity index (χ0v) is 11.8. The minimum Gasteiger partial charge on any atom is -0.323 e. The van der Waals surface area contributed by atoms with E-state index in [1.165, 1.54) is 12.8 Å². The van der Waals surface area contributed by atoms with E-state index in [1.54, 1.807) is 0 Å². The summed E-state index contributed by atoms with van der Waals surface area (Å²) in [5, 5.41) is 9.86. The normalized spacial score (nSPS) is 14.5. The molecule has 21 heavy (non-hydrogen) atoms. The average Bonchev–Trinajstić information content (AvgIpc) is 3.04. The molecule has 5 heteroatoms. The van der Waals surface area contributed by atoms with Crippen LogP contribution in [0.2, 0.25) is 0 Å². The van der Waals surface area contributed by atoms with Crippen molar-refractivity contribution < 1.29 is 4.79 Å². The van der Waals surface area contributed by atoms with Crippen molar-refractivity contribution >= 4 is 17.2 Å². The molecule has 0 bridgehead atoms. The van der Waals surface area contributed by atoms with Gasteiger partial charge in [-0.3, -0.25) is 9.89 Å². The fraction of sp³-hybridized carbons (Fsp3) is 0.250. The number of nitrogens with zero attached hydrogens (tertiary/aromatic N) is 2. The molecule has 0 atom stereocenters. The Kier molecular flexibility index (Phi) is 2.60. The van der Waals surface area contributed by atoms with Gasteiger partial charge < -0.3 is 9.72 Å². The molecule has 2 N–H and O–H groups in total. The molecule has 3 aromatic rings. The summed E-state index contributed by atoms with van der Waals surface area (Å²) >= 11 is 0. The van der Waals surface area contributed by atoms with Crippen LogP contribution in [-0.4, -0.2) is 20.5 Å². The summed E-state index contributed by atoms with van der Waals surface area (Å²) in [5.74, 6) is 1.17. The van der Waals surface area contributed by atoms with Crippen LogP contribution in [0.4, 0.5) is 5.82 Å². The molecule has 0 saturated heterocycles. The lowest BCUT2D eigenvalue weighted by Gasteiger charge is -2.03. The SMILES string of the molecule is Cc1cccn2cc(C(=O)Nc3[nH]ncc3C3CC3)cc12. The summed E-state index contributed by atoms with van der Waals surface area (Å²) in [6.45, 7) is 2.04. The van der Waals surface area contributed by atoms with Gasteiger partial charge in [-0.1, -0.05) is 6.07 Å². The van der Waals surface area contributed by atoms with Gasteiger partial charge in [0.05, 0.1) is 11.8 Å². The third-order valence-corrected chi connectivity index (χ3v) is 4.03. The smallest absolute Gasteiger partial charge is 0.258 e. The second kappa shape index (κ2) is 4.48. The second-order valence-electron chi connectivity index (χ2n) is 5.64. The lowest BCUT2D eigenvalue weighted by Crippen LogP contribution is -2.12. The van der Waals surface area contributed by atoms with Crippen LogP contribution in [0.25, 0.3) is 5.52 Å². The van der Waals surface area contributed by atoms with E-state index in [0.29, 0.717) is 11.5 Å². The predicted octanol–water partition coefficient (Wildman–Crippen LogP) is 3.10. The summed E-state index contributed by atoms with van der Waals surface area (Å²) in [6.07, 6.45) is 7.97. The highest BCUT2D eigenvalue weighted by molar-refractivity contribution is 6.05. The van der Waals surface area contributed by atoms with E-state index < -0.39 is 0 Å². The Hall–Kier alpha value is -2.56. The third-order valence-electron chi connectivity index (χ3n) is 4.03. The quantitative estimate of drug-likeness (QED) is 0.774. The zero-order chi connectivity index (χ0) is 14.4. The Labute approximate surface area is 122 Å². The van der Waals surface area contributed by atoms with Crippen LogP contribution in [0.15, 0.2) is 36.8 Å². The molecule has 1 aliphatic carbocycles. The maximum Gasteiger partial charge on any atom is 0.258 e. The van der Waals surface area contributed by atoms with Gasteiger partial charge in [-0.05, 0) is 43.4 Å². The first-order valence-electron chi connectivity index (χ1n) is 7.14. The molecule has 0 aliphatic heterocycles. The molecule has 3 aromatic heterocycles. The van der Waals surface area contributed by atoms with Crippen LogP contribution in [0.1, 0.15) is 40.2 Å². The van der Waals surface area contributed by atoms with Crippen LogP contribution in [0, 0.1) is 6.92 Å². The number of anilines is 1. The molecule has 0 spiro atoms. The zero-order valence-electron chi connectivity index (χ0n) is 11.8. The van der Waals surface area contributed by atoms with E-state index >= 15 is 0 Å². The lowest BCUT2D eigenvalue weighted by molar-refractivity contribution is 0.102. The van der Waals surface area contributed by atoms with Gasteiger partial charge in [0.15, 0.2) is 0 Å². The number of carbonyl (C=O) groups is 1. The van der Waals surface area contributed by atoms with Crippen molar-refractivity contribution in [3.8, 4) is 0 Å². The highest BCUT2D eigenvalue weighted by Crippen LogP contribution is 2.42. The number of fused-ring (bicyclic) bond motifs is 1. The fourth-order valence-electron chi connectivity index (χ4n) is 2.69. The molecule has 1 amide bonds. The number of nitrogens with one attached hydrogen (secondary N) is 2. The Bertz CT molecular complexity index is 826. The van der Waals surface area contributed by atoms with Crippen LogP contribution >= 0.6 is 0 Å². The molecular weight excluding hydrogens is 264 g/mol. The summed E-state index contributed by atoms with van der Waals surface area (Å²) in [6, 6.07) is 5.93. The molecule has 0 radical (unpaired) electrons. The molecule has 0 unspecified atom stereocenters.